The van der Waals surface area contributed by atoms with Crippen molar-refractivity contribution in [1.82, 2.24) is 40.0 Å². The summed E-state index contributed by atoms with van der Waals surface area (Å²) in [6, 6.07) is 25.5. The fourth-order valence-corrected chi connectivity index (χ4v) is 12.2. The lowest BCUT2D eigenvalue weighted by atomic mass is 9.51. The third-order valence-electron chi connectivity index (χ3n) is 16.0. The van der Waals surface area contributed by atoms with E-state index in [2.05, 4.69) is 39.6 Å². The van der Waals surface area contributed by atoms with Gasteiger partial charge in [-0.15, -0.1) is 0 Å². The number of amides is 4. The average Bonchev–Trinajstić information content (AvgIpc) is 3.90. The Kier molecular flexibility index (Phi) is 9.69. The number of hydrogen-bond donors (Lipinski definition) is 4. The van der Waals surface area contributed by atoms with Crippen LogP contribution in [-0.2, 0) is 25.2 Å². The van der Waals surface area contributed by atoms with Crippen molar-refractivity contribution in [1.29, 1.82) is 0 Å². The number of fused-ring (bicyclic) bond motifs is 5. The van der Waals surface area contributed by atoms with E-state index in [1.807, 2.05) is 82.9 Å². The van der Waals surface area contributed by atoms with Crippen molar-refractivity contribution >= 4 is 24.0 Å². The molecule has 4 heterocycles. The van der Waals surface area contributed by atoms with Crippen LogP contribution < -0.4 is 5.32 Å². The van der Waals surface area contributed by atoms with E-state index in [9.17, 15) is 24.3 Å². The van der Waals surface area contributed by atoms with Crippen LogP contribution in [-0.4, -0.2) is 90.0 Å². The van der Waals surface area contributed by atoms with E-state index in [0.29, 0.717) is 17.4 Å². The van der Waals surface area contributed by atoms with Gasteiger partial charge in [-0.05, 0) is 104 Å². The molecule has 14 nitrogen and oxygen atoms in total. The highest BCUT2D eigenvalue weighted by Gasteiger charge is 2.58. The van der Waals surface area contributed by atoms with Gasteiger partial charge in [0.2, 0.25) is 0 Å². The average molecular weight is 863 g/mol. The number of nitrogens with one attached hydrogen (secondary N) is 3. The van der Waals surface area contributed by atoms with Crippen molar-refractivity contribution in [3.63, 3.8) is 0 Å². The number of aromatic amines is 2. The number of alkyl carbamates (subject to hydrolysis) is 1. The van der Waals surface area contributed by atoms with Crippen LogP contribution in [0.15, 0.2) is 97.3 Å². The number of carboxylic acid groups (broad SMARTS) is 1. The van der Waals surface area contributed by atoms with E-state index in [-0.39, 0.29) is 46.8 Å². The zero-order valence-electron chi connectivity index (χ0n) is 36.2. The molecule has 7 aliphatic rings. The summed E-state index contributed by atoms with van der Waals surface area (Å²) in [4.78, 5) is 75.2. The number of ether oxygens (including phenoxy) is 1. The normalized spacial score (nSPS) is 29.3. The molecule has 0 radical (unpaired) electrons. The molecule has 5 saturated carbocycles. The zero-order valence-corrected chi connectivity index (χ0v) is 36.2. The van der Waals surface area contributed by atoms with Gasteiger partial charge in [-0.2, -0.15) is 0 Å². The number of methoxy groups -OCH3 is 1. The Bertz CT molecular complexity index is 2570. The predicted molar refractivity (Wildman–Crippen MR) is 236 cm³/mol. The van der Waals surface area contributed by atoms with E-state index in [4.69, 9.17) is 14.7 Å². The smallest absolute Gasteiger partial charge is 0.407 e. The maximum atomic E-state index is 14.3. The Balaban J connectivity index is 0.765. The molecular formula is C50H54N8O6. The number of nitrogens with zero attached hydrogens (tertiary/aromatic N) is 5. The van der Waals surface area contributed by atoms with E-state index < -0.39 is 24.3 Å². The number of rotatable bonds is 11. The highest BCUT2D eigenvalue weighted by molar-refractivity contribution is 5.89. The molecule has 2 saturated heterocycles. The number of hydrogen-bond acceptors (Lipinski definition) is 7. The fourth-order valence-electron chi connectivity index (χ4n) is 12.2. The Hall–Kier alpha value is -6.44. The predicted octanol–water partition coefficient (Wildman–Crippen LogP) is 8.12. The van der Waals surface area contributed by atoms with Gasteiger partial charge in [0.05, 0.1) is 31.1 Å². The molecule has 0 unspecified atom stereocenters. The van der Waals surface area contributed by atoms with Crippen LogP contribution in [0.3, 0.4) is 0 Å². The molecule has 4 amide bonds. The third kappa shape index (κ3) is 6.75. The monoisotopic (exact) mass is 862 g/mol. The summed E-state index contributed by atoms with van der Waals surface area (Å²) >= 11 is 0. The quantitative estimate of drug-likeness (QED) is 0.103. The lowest BCUT2D eigenvalue weighted by Gasteiger charge is -2.53. The molecule has 4 N–H and O–H groups in total. The van der Waals surface area contributed by atoms with Gasteiger partial charge < -0.3 is 34.9 Å². The second kappa shape index (κ2) is 15.4. The first kappa shape index (κ1) is 40.3. The molecule has 0 spiro atoms. The van der Waals surface area contributed by atoms with Crippen molar-refractivity contribution in [2.75, 3.05) is 14.2 Å². The van der Waals surface area contributed by atoms with Crippen molar-refractivity contribution in [3.05, 3.63) is 131 Å². The van der Waals surface area contributed by atoms with Gasteiger partial charge in [-0.25, -0.2) is 19.6 Å². The Morgan fingerprint density at radius 3 is 1.86 bits per heavy atom. The van der Waals surface area contributed by atoms with Gasteiger partial charge in [0.25, 0.3) is 11.8 Å². The SMILES string of the molecule is COC(=O)N[C@@H](C(=O)N1[C@@H]2C[C@H]2C[C@H]1c1ncc(C23CCC(c4ccc(-c5cnc([C@@H]6C[C@H]7C[C@H]7N6C(=O)[C@@H](c6ccccc6)N(C)C(=O)O)[nH]5)cc4)(CC2)CC3)[nH]1)c1ccccc1. The number of piperidine rings is 2. The second-order valence-corrected chi connectivity index (χ2v) is 19.3. The molecule has 2 bridgehead atoms. The highest BCUT2D eigenvalue weighted by atomic mass is 16.5. The minimum absolute atomic E-state index is 0.0227. The number of carbonyl (C=O) groups is 4. The number of benzene rings is 3. The molecule has 3 aromatic carbocycles. The van der Waals surface area contributed by atoms with E-state index in [1.165, 1.54) is 25.4 Å². The number of likely N-dealkylation sites (tertiary alicyclic amines) is 2. The molecule has 8 atom stereocenters. The molecule has 12 rings (SSSR count). The van der Waals surface area contributed by atoms with Crippen molar-refractivity contribution in [2.24, 2.45) is 11.8 Å². The largest absolute Gasteiger partial charge is 0.465 e. The summed E-state index contributed by atoms with van der Waals surface area (Å²) in [7, 11) is 2.77. The summed E-state index contributed by atoms with van der Waals surface area (Å²) in [5, 5.41) is 12.7. The van der Waals surface area contributed by atoms with Crippen LogP contribution in [0, 0.1) is 11.8 Å². The summed E-state index contributed by atoms with van der Waals surface area (Å²) < 4.78 is 4.91. The number of carbonyl (C=O) groups excluding carboxylic acids is 3. The number of aromatic nitrogens is 4. The summed E-state index contributed by atoms with van der Waals surface area (Å²) in [6.45, 7) is 0. The van der Waals surface area contributed by atoms with E-state index >= 15 is 0 Å². The highest BCUT2D eigenvalue weighted by Crippen LogP contribution is 2.59. The summed E-state index contributed by atoms with van der Waals surface area (Å²) in [5.74, 6) is 2.05. The molecule has 64 heavy (non-hydrogen) atoms. The topological polar surface area (TPSA) is 177 Å². The Morgan fingerprint density at radius 1 is 0.719 bits per heavy atom. The molecular weight excluding hydrogens is 809 g/mol. The maximum Gasteiger partial charge on any atom is 0.407 e. The summed E-state index contributed by atoms with van der Waals surface area (Å²) in [6.07, 6.45) is 12.1. The lowest BCUT2D eigenvalue weighted by Crippen LogP contribution is -2.46. The molecule has 330 valence electrons. The molecule has 5 aromatic rings. The van der Waals surface area contributed by atoms with Crippen LogP contribution in [0.2, 0.25) is 0 Å². The first-order valence-electron chi connectivity index (χ1n) is 22.8. The minimum Gasteiger partial charge on any atom is -0.465 e. The minimum atomic E-state index is -1.15. The third-order valence-corrected chi connectivity index (χ3v) is 16.0. The van der Waals surface area contributed by atoms with Crippen molar-refractivity contribution in [3.8, 4) is 11.3 Å². The van der Waals surface area contributed by atoms with Crippen molar-refractivity contribution < 1.29 is 29.0 Å². The van der Waals surface area contributed by atoms with Gasteiger partial charge in [0.1, 0.15) is 23.7 Å². The van der Waals surface area contributed by atoms with Crippen LogP contribution in [0.4, 0.5) is 9.59 Å². The first-order chi connectivity index (χ1) is 31.1. The van der Waals surface area contributed by atoms with Crippen molar-refractivity contribution in [2.45, 2.75) is 111 Å². The molecule has 5 aliphatic carbocycles. The Labute approximate surface area is 371 Å². The molecule has 2 aliphatic heterocycles. The standard InChI is InChI=1S/C50H54N8O6/c1-56(48(62)63)42(31-11-7-4-8-12-31)46(60)58-37-24-33(37)25-38(58)43-51-27-35(53-43)29-13-15-34(16-14-29)49-17-20-50(21-18-49,22-19-49)40-28-52-44(54-40)39-26-32-23-36(32)57(39)45(59)41(55-47(61)64-2)30-9-5-3-6-10-30/h3-16,27-28,32-33,36-39,41-42H,17-26H2,1-2H3,(H,51,53)(H,52,54)(H,55,61)(H,62,63)/t32-,33+,36+,37+,38-,39-,41+,42+,49?,50?/m0/s1. The second-order valence-electron chi connectivity index (χ2n) is 19.3. The van der Waals surface area contributed by atoms with Crippen LogP contribution in [0.25, 0.3) is 11.3 Å². The van der Waals surface area contributed by atoms with Gasteiger partial charge in [-0.3, -0.25) is 14.5 Å². The fraction of sp³-hybridized carbons (Fsp3) is 0.440. The van der Waals surface area contributed by atoms with E-state index in [0.717, 1.165) is 97.6 Å². The summed E-state index contributed by atoms with van der Waals surface area (Å²) in [5.41, 5.74) is 5.97. The van der Waals surface area contributed by atoms with Gasteiger partial charge in [-0.1, -0.05) is 84.9 Å². The van der Waals surface area contributed by atoms with Crippen LogP contribution >= 0.6 is 0 Å². The van der Waals surface area contributed by atoms with Gasteiger partial charge in [0.15, 0.2) is 0 Å². The number of H-pyrrole nitrogens is 2. The molecule has 14 heteroatoms. The van der Waals surface area contributed by atoms with Gasteiger partial charge in [0, 0.05) is 36.4 Å². The number of likely N-dealkylation sites (N-methyl/N-ethyl adjacent to an activating group) is 1. The number of imidazole rings is 2. The first-order valence-corrected chi connectivity index (χ1v) is 22.8. The van der Waals surface area contributed by atoms with Gasteiger partial charge >= 0.3 is 12.2 Å². The zero-order chi connectivity index (χ0) is 43.9. The molecule has 2 aromatic heterocycles. The van der Waals surface area contributed by atoms with Crippen LogP contribution in [0.5, 0.6) is 0 Å². The van der Waals surface area contributed by atoms with Crippen LogP contribution in [0.1, 0.15) is 122 Å². The molecule has 7 fully saturated rings. The van der Waals surface area contributed by atoms with E-state index in [1.54, 1.807) is 0 Å². The Morgan fingerprint density at radius 2 is 1.27 bits per heavy atom. The lowest BCUT2D eigenvalue weighted by molar-refractivity contribution is -0.138. The maximum absolute atomic E-state index is 14.3.